The van der Waals surface area contributed by atoms with Crippen molar-refractivity contribution < 1.29 is 9.53 Å². The van der Waals surface area contributed by atoms with Crippen LogP contribution in [0, 0.1) is 0 Å². The Balaban J connectivity index is 1.47. The van der Waals surface area contributed by atoms with E-state index < -0.39 is 0 Å². The molecule has 0 radical (unpaired) electrons. The number of hydrogen-bond donors (Lipinski definition) is 2. The minimum absolute atomic E-state index is 0.0328. The Morgan fingerprint density at radius 3 is 2.79 bits per heavy atom. The molecule has 9 nitrogen and oxygen atoms in total. The SMILES string of the molecule is C[C@@H]1COCCN1c1cc(-c2ccc(C3CC=CNC3=O)cc2)c2cnn(-c3cc[nH]n3)c2n1. The van der Waals surface area contributed by atoms with Crippen LogP contribution in [0.5, 0.6) is 0 Å². The molecule has 0 spiro atoms. The standard InChI is InChI=1S/C25H25N7O2/c1-16-15-34-12-11-31(16)23-13-20(21-14-28-32(24(21)29-23)22-8-10-27-30-22)18-6-4-17(5-7-18)19-3-2-9-26-25(19)33/h2,4-10,13-14,16,19H,3,11-12,15H2,1H3,(H,26,33)(H,27,30)/t16-,19?/m1/s1. The fraction of sp³-hybridized carbons (Fsp3) is 0.280. The third-order valence-electron chi connectivity index (χ3n) is 6.55. The Kier molecular flexibility index (Phi) is 5.10. The molecule has 2 aliphatic rings. The molecule has 1 fully saturated rings. The fourth-order valence-electron chi connectivity index (χ4n) is 4.71. The minimum atomic E-state index is -0.163. The number of pyridine rings is 1. The molecule has 5 heterocycles. The smallest absolute Gasteiger partial charge is 0.231 e. The molecule has 0 saturated carbocycles. The van der Waals surface area contributed by atoms with E-state index in [0.29, 0.717) is 25.5 Å². The van der Waals surface area contributed by atoms with E-state index in [4.69, 9.17) is 9.72 Å². The molecule has 1 aromatic carbocycles. The first kappa shape index (κ1) is 20.6. The summed E-state index contributed by atoms with van der Waals surface area (Å²) >= 11 is 0. The molecule has 1 saturated heterocycles. The van der Waals surface area contributed by atoms with Gasteiger partial charge in [0.05, 0.1) is 31.4 Å². The normalized spacial score (nSPS) is 20.6. The number of allylic oxidation sites excluding steroid dienone is 1. The number of aromatic amines is 1. The van der Waals surface area contributed by atoms with Crippen LogP contribution in [0.3, 0.4) is 0 Å². The maximum Gasteiger partial charge on any atom is 0.231 e. The number of nitrogens with one attached hydrogen (secondary N) is 2. The predicted octanol–water partition coefficient (Wildman–Crippen LogP) is 3.15. The van der Waals surface area contributed by atoms with Gasteiger partial charge in [0, 0.05) is 24.2 Å². The summed E-state index contributed by atoms with van der Waals surface area (Å²) in [5, 5.41) is 15.5. The lowest BCUT2D eigenvalue weighted by atomic mass is 9.91. The molecular formula is C25H25N7O2. The lowest BCUT2D eigenvalue weighted by molar-refractivity contribution is -0.121. The number of aromatic nitrogens is 5. The summed E-state index contributed by atoms with van der Waals surface area (Å²) in [6.07, 6.45) is 8.02. The Bertz CT molecular complexity index is 1360. The molecule has 3 aromatic heterocycles. The number of amides is 1. The summed E-state index contributed by atoms with van der Waals surface area (Å²) in [4.78, 5) is 19.6. The molecule has 9 heteroatoms. The van der Waals surface area contributed by atoms with Crippen molar-refractivity contribution in [3.05, 3.63) is 66.6 Å². The first-order valence-corrected chi connectivity index (χ1v) is 11.5. The van der Waals surface area contributed by atoms with Crippen molar-refractivity contribution in [2.45, 2.75) is 25.3 Å². The number of morpholine rings is 1. The average molecular weight is 456 g/mol. The van der Waals surface area contributed by atoms with E-state index in [1.165, 1.54) is 0 Å². The number of ether oxygens (including phenoxy) is 1. The van der Waals surface area contributed by atoms with Gasteiger partial charge in [0.2, 0.25) is 5.91 Å². The predicted molar refractivity (Wildman–Crippen MR) is 129 cm³/mol. The van der Waals surface area contributed by atoms with E-state index in [0.717, 1.165) is 40.1 Å². The van der Waals surface area contributed by atoms with Crippen LogP contribution in [0.15, 0.2) is 61.1 Å². The second kappa shape index (κ2) is 8.42. The third kappa shape index (κ3) is 3.54. The molecule has 1 unspecified atom stereocenters. The van der Waals surface area contributed by atoms with Crippen LogP contribution in [-0.2, 0) is 9.53 Å². The van der Waals surface area contributed by atoms with E-state index in [2.05, 4.69) is 50.6 Å². The molecule has 6 rings (SSSR count). The summed E-state index contributed by atoms with van der Waals surface area (Å²) in [5.74, 6) is 1.44. The second-order valence-electron chi connectivity index (χ2n) is 8.69. The molecular weight excluding hydrogens is 430 g/mol. The summed E-state index contributed by atoms with van der Waals surface area (Å²) in [6.45, 7) is 4.26. The van der Waals surface area contributed by atoms with Crippen molar-refractivity contribution in [3.8, 4) is 16.9 Å². The van der Waals surface area contributed by atoms with Gasteiger partial charge < -0.3 is 15.0 Å². The van der Waals surface area contributed by atoms with E-state index in [1.807, 2.05) is 30.5 Å². The van der Waals surface area contributed by atoms with Crippen molar-refractivity contribution in [2.24, 2.45) is 0 Å². The number of carbonyl (C=O) groups is 1. The van der Waals surface area contributed by atoms with Crippen LogP contribution in [0.1, 0.15) is 24.8 Å². The van der Waals surface area contributed by atoms with Gasteiger partial charge >= 0.3 is 0 Å². The molecule has 0 bridgehead atoms. The van der Waals surface area contributed by atoms with Crippen LogP contribution in [0.2, 0.25) is 0 Å². The number of fused-ring (bicyclic) bond motifs is 1. The molecule has 0 aliphatic carbocycles. The number of nitrogens with zero attached hydrogens (tertiary/aromatic N) is 5. The van der Waals surface area contributed by atoms with E-state index in [9.17, 15) is 4.79 Å². The molecule has 2 N–H and O–H groups in total. The van der Waals surface area contributed by atoms with Crippen molar-refractivity contribution in [1.82, 2.24) is 30.3 Å². The van der Waals surface area contributed by atoms with E-state index in [1.54, 1.807) is 17.1 Å². The lowest BCUT2D eigenvalue weighted by Crippen LogP contribution is -2.44. The summed E-state index contributed by atoms with van der Waals surface area (Å²) in [7, 11) is 0. The van der Waals surface area contributed by atoms with Gasteiger partial charge in [-0.2, -0.15) is 14.9 Å². The maximum atomic E-state index is 12.3. The monoisotopic (exact) mass is 455 g/mol. The van der Waals surface area contributed by atoms with Gasteiger partial charge in [0.25, 0.3) is 0 Å². The average Bonchev–Trinajstić information content (AvgIpc) is 3.54. The first-order valence-electron chi connectivity index (χ1n) is 11.5. The van der Waals surface area contributed by atoms with Gasteiger partial charge in [-0.25, -0.2) is 4.98 Å². The van der Waals surface area contributed by atoms with Crippen molar-refractivity contribution >= 4 is 22.8 Å². The number of H-pyrrole nitrogens is 1. The largest absolute Gasteiger partial charge is 0.377 e. The zero-order valence-corrected chi connectivity index (χ0v) is 18.8. The fourth-order valence-corrected chi connectivity index (χ4v) is 4.71. The Morgan fingerprint density at radius 1 is 1.15 bits per heavy atom. The number of rotatable bonds is 4. The zero-order valence-electron chi connectivity index (χ0n) is 18.8. The highest BCUT2D eigenvalue weighted by atomic mass is 16.5. The molecule has 2 atom stereocenters. The lowest BCUT2D eigenvalue weighted by Gasteiger charge is -2.34. The number of hydrogen-bond acceptors (Lipinski definition) is 6. The van der Waals surface area contributed by atoms with Crippen LogP contribution in [0.4, 0.5) is 5.82 Å². The summed E-state index contributed by atoms with van der Waals surface area (Å²) in [5.41, 5.74) is 3.84. The summed E-state index contributed by atoms with van der Waals surface area (Å²) < 4.78 is 7.41. The Labute approximate surface area is 196 Å². The van der Waals surface area contributed by atoms with Crippen LogP contribution < -0.4 is 10.2 Å². The zero-order chi connectivity index (χ0) is 23.1. The second-order valence-corrected chi connectivity index (χ2v) is 8.69. The first-order chi connectivity index (χ1) is 16.7. The van der Waals surface area contributed by atoms with Crippen LogP contribution in [-0.4, -0.2) is 56.7 Å². The quantitative estimate of drug-likeness (QED) is 0.490. The topological polar surface area (TPSA) is 101 Å². The number of anilines is 1. The molecule has 2 aliphatic heterocycles. The summed E-state index contributed by atoms with van der Waals surface area (Å²) in [6, 6.07) is 12.5. The molecule has 34 heavy (non-hydrogen) atoms. The van der Waals surface area contributed by atoms with Crippen molar-refractivity contribution in [2.75, 3.05) is 24.7 Å². The maximum absolute atomic E-state index is 12.3. The van der Waals surface area contributed by atoms with Gasteiger partial charge in [-0.1, -0.05) is 30.3 Å². The molecule has 172 valence electrons. The molecule has 1 amide bonds. The highest BCUT2D eigenvalue weighted by Crippen LogP contribution is 2.34. The van der Waals surface area contributed by atoms with Crippen molar-refractivity contribution in [1.29, 1.82) is 0 Å². The van der Waals surface area contributed by atoms with E-state index in [-0.39, 0.29) is 17.9 Å². The van der Waals surface area contributed by atoms with Crippen LogP contribution in [0.25, 0.3) is 28.0 Å². The van der Waals surface area contributed by atoms with Gasteiger partial charge in [0.1, 0.15) is 5.82 Å². The minimum Gasteiger partial charge on any atom is -0.377 e. The Hall–Kier alpha value is -3.98. The number of benzene rings is 1. The van der Waals surface area contributed by atoms with Gasteiger partial charge in [-0.3, -0.25) is 9.89 Å². The van der Waals surface area contributed by atoms with Crippen LogP contribution >= 0.6 is 0 Å². The van der Waals surface area contributed by atoms with Gasteiger partial charge in [0.15, 0.2) is 11.5 Å². The highest BCUT2D eigenvalue weighted by Gasteiger charge is 2.24. The van der Waals surface area contributed by atoms with Crippen molar-refractivity contribution in [3.63, 3.8) is 0 Å². The van der Waals surface area contributed by atoms with Gasteiger partial charge in [-0.05, 0) is 42.3 Å². The number of carbonyl (C=O) groups excluding carboxylic acids is 1. The van der Waals surface area contributed by atoms with E-state index >= 15 is 0 Å². The Morgan fingerprint density at radius 2 is 2.03 bits per heavy atom. The highest BCUT2D eigenvalue weighted by molar-refractivity contribution is 5.95. The molecule has 4 aromatic rings. The third-order valence-corrected chi connectivity index (χ3v) is 6.55. The van der Waals surface area contributed by atoms with Gasteiger partial charge in [-0.15, -0.1) is 0 Å².